The summed E-state index contributed by atoms with van der Waals surface area (Å²) in [6.45, 7) is 2.47. The van der Waals surface area contributed by atoms with Crippen LogP contribution in [0.3, 0.4) is 0 Å². The fraction of sp³-hybridized carbons (Fsp3) is 0.519. The van der Waals surface area contributed by atoms with Gasteiger partial charge in [0.1, 0.15) is 12.2 Å². The van der Waals surface area contributed by atoms with Crippen LogP contribution in [-0.4, -0.2) is 37.7 Å². The molecule has 2 aliphatic carbocycles. The molecule has 0 unspecified atom stereocenters. The molecule has 0 bridgehead atoms. The van der Waals surface area contributed by atoms with Gasteiger partial charge in [0.25, 0.3) is 0 Å². The standard InChI is InChI=1S/C27H31F3N6/c1-35-18-33-34-24(35)26(6-3-7-26)20-4-2-5-21(13-20)31-15-23-22(27(28,29)30)12-19(14-32-23)16-36-11-10-25(17-36)8-9-25/h2,4-5,12-14,18,31H,3,6-11,15-17H2,1H3. The zero-order valence-corrected chi connectivity index (χ0v) is 20.5. The molecule has 1 N–H and O–H groups in total. The summed E-state index contributed by atoms with van der Waals surface area (Å²) in [5, 5.41) is 11.6. The van der Waals surface area contributed by atoms with E-state index in [1.165, 1.54) is 18.9 Å². The molecule has 1 saturated heterocycles. The maximum absolute atomic E-state index is 14.0. The minimum absolute atomic E-state index is 0.00234. The van der Waals surface area contributed by atoms with Gasteiger partial charge in [0.05, 0.1) is 23.2 Å². The molecule has 6 nitrogen and oxygen atoms in total. The average molecular weight is 497 g/mol. The van der Waals surface area contributed by atoms with Gasteiger partial charge < -0.3 is 9.88 Å². The van der Waals surface area contributed by atoms with Crippen molar-refractivity contribution < 1.29 is 13.2 Å². The fourth-order valence-corrected chi connectivity index (χ4v) is 6.02. The fourth-order valence-electron chi connectivity index (χ4n) is 6.02. The minimum Gasteiger partial charge on any atom is -0.379 e. The van der Waals surface area contributed by atoms with Crippen molar-refractivity contribution in [3.8, 4) is 0 Å². The van der Waals surface area contributed by atoms with Crippen molar-refractivity contribution in [1.29, 1.82) is 0 Å². The average Bonchev–Trinajstić information content (AvgIpc) is 3.26. The van der Waals surface area contributed by atoms with Crippen LogP contribution in [0, 0.1) is 5.41 Å². The summed E-state index contributed by atoms with van der Waals surface area (Å²) in [5.74, 6) is 0.924. The van der Waals surface area contributed by atoms with Crippen molar-refractivity contribution in [1.82, 2.24) is 24.6 Å². The molecule has 0 amide bonds. The predicted molar refractivity (Wildman–Crippen MR) is 130 cm³/mol. The molecule has 2 saturated carbocycles. The molecule has 1 aromatic carbocycles. The Kier molecular flexibility index (Phi) is 5.59. The van der Waals surface area contributed by atoms with Crippen LogP contribution in [-0.2, 0) is 31.7 Å². The van der Waals surface area contributed by atoms with Crippen LogP contribution in [0.2, 0.25) is 0 Å². The Labute approximate surface area is 208 Å². The molecule has 3 heterocycles. The molecule has 6 rings (SSSR count). The largest absolute Gasteiger partial charge is 0.418 e. The number of hydrogen-bond acceptors (Lipinski definition) is 5. The van der Waals surface area contributed by atoms with E-state index in [2.05, 4.69) is 31.5 Å². The van der Waals surface area contributed by atoms with Gasteiger partial charge in [-0.1, -0.05) is 18.6 Å². The summed E-state index contributed by atoms with van der Waals surface area (Å²) in [7, 11) is 1.94. The van der Waals surface area contributed by atoms with Crippen LogP contribution in [0.1, 0.15) is 66.7 Å². The number of anilines is 1. The predicted octanol–water partition coefficient (Wildman–Crippen LogP) is 5.30. The second kappa shape index (κ2) is 8.57. The van der Waals surface area contributed by atoms with Crippen molar-refractivity contribution in [2.24, 2.45) is 12.5 Å². The summed E-state index contributed by atoms with van der Waals surface area (Å²) in [6, 6.07) is 9.21. The molecule has 0 radical (unpaired) electrons. The number of halogens is 3. The highest BCUT2D eigenvalue weighted by Gasteiger charge is 2.47. The van der Waals surface area contributed by atoms with Gasteiger partial charge in [0.2, 0.25) is 0 Å². The lowest BCUT2D eigenvalue weighted by Crippen LogP contribution is -2.38. The van der Waals surface area contributed by atoms with Crippen molar-refractivity contribution in [3.05, 3.63) is 71.1 Å². The summed E-state index contributed by atoms with van der Waals surface area (Å²) in [6.07, 6.45) is 5.58. The van der Waals surface area contributed by atoms with E-state index < -0.39 is 11.7 Å². The van der Waals surface area contributed by atoms with E-state index in [4.69, 9.17) is 0 Å². The first-order valence-corrected chi connectivity index (χ1v) is 12.7. The normalized spacial score (nSPS) is 20.4. The third kappa shape index (κ3) is 4.27. The number of alkyl halides is 3. The summed E-state index contributed by atoms with van der Waals surface area (Å²) in [4.78, 5) is 6.54. The quantitative estimate of drug-likeness (QED) is 0.481. The SMILES string of the molecule is Cn1cnnc1C1(c2cccc(NCc3ncc(CN4CCC5(CC5)C4)cc3C(F)(F)F)c2)CCC1. The molecular formula is C27H31F3N6. The molecule has 1 spiro atoms. The van der Waals surface area contributed by atoms with Gasteiger partial charge in [-0.2, -0.15) is 13.2 Å². The Bertz CT molecular complexity index is 1260. The Morgan fingerprint density at radius 2 is 1.92 bits per heavy atom. The third-order valence-electron chi connectivity index (χ3n) is 8.43. The number of benzene rings is 1. The number of likely N-dealkylation sites (tertiary alicyclic amines) is 1. The van der Waals surface area contributed by atoms with E-state index in [1.807, 2.05) is 29.8 Å². The maximum atomic E-state index is 14.0. The molecule has 1 aliphatic heterocycles. The molecule has 2 aromatic heterocycles. The summed E-state index contributed by atoms with van der Waals surface area (Å²) in [5.41, 5.74) is 2.11. The van der Waals surface area contributed by atoms with Crippen LogP contribution in [0.25, 0.3) is 0 Å². The van der Waals surface area contributed by atoms with Gasteiger partial charge in [-0.05, 0) is 73.4 Å². The molecule has 0 atom stereocenters. The Hall–Kier alpha value is -2.94. The number of rotatable bonds is 7. The number of nitrogens with zero attached hydrogens (tertiary/aromatic N) is 5. The second-order valence-electron chi connectivity index (χ2n) is 10.9. The molecule has 3 aliphatic rings. The first-order chi connectivity index (χ1) is 17.3. The smallest absolute Gasteiger partial charge is 0.379 e. The topological polar surface area (TPSA) is 58.9 Å². The zero-order valence-electron chi connectivity index (χ0n) is 20.5. The summed E-state index contributed by atoms with van der Waals surface area (Å²) < 4.78 is 43.9. The van der Waals surface area contributed by atoms with Crippen molar-refractivity contribution in [2.75, 3.05) is 18.4 Å². The van der Waals surface area contributed by atoms with Gasteiger partial charge in [0.15, 0.2) is 0 Å². The van der Waals surface area contributed by atoms with E-state index in [-0.39, 0.29) is 17.7 Å². The van der Waals surface area contributed by atoms with Crippen LogP contribution >= 0.6 is 0 Å². The molecule has 3 fully saturated rings. The highest BCUT2D eigenvalue weighted by molar-refractivity contribution is 5.50. The molecule has 190 valence electrons. The number of pyridine rings is 1. The van der Waals surface area contributed by atoms with Crippen LogP contribution in [0.5, 0.6) is 0 Å². The van der Waals surface area contributed by atoms with Crippen molar-refractivity contribution in [3.63, 3.8) is 0 Å². The highest BCUT2D eigenvalue weighted by Crippen LogP contribution is 2.53. The van der Waals surface area contributed by atoms with Gasteiger partial charge in [0, 0.05) is 32.0 Å². The Morgan fingerprint density at radius 3 is 2.56 bits per heavy atom. The second-order valence-corrected chi connectivity index (χ2v) is 10.9. The summed E-state index contributed by atoms with van der Waals surface area (Å²) >= 11 is 0. The monoisotopic (exact) mass is 496 g/mol. The zero-order chi connectivity index (χ0) is 25.0. The number of aromatic nitrogens is 4. The van der Waals surface area contributed by atoms with E-state index in [0.717, 1.165) is 55.8 Å². The minimum atomic E-state index is -4.45. The number of aryl methyl sites for hydroxylation is 1. The highest BCUT2D eigenvalue weighted by atomic mass is 19.4. The van der Waals surface area contributed by atoms with Crippen molar-refractivity contribution in [2.45, 2.75) is 63.2 Å². The molecule has 36 heavy (non-hydrogen) atoms. The Morgan fingerprint density at radius 1 is 1.08 bits per heavy atom. The van der Waals surface area contributed by atoms with E-state index in [0.29, 0.717) is 17.5 Å². The first kappa shape index (κ1) is 23.5. The van der Waals surface area contributed by atoms with Crippen LogP contribution in [0.4, 0.5) is 18.9 Å². The van der Waals surface area contributed by atoms with Gasteiger partial charge >= 0.3 is 6.18 Å². The van der Waals surface area contributed by atoms with E-state index in [1.54, 1.807) is 12.5 Å². The lowest BCUT2D eigenvalue weighted by Gasteiger charge is -2.41. The first-order valence-electron chi connectivity index (χ1n) is 12.7. The van der Waals surface area contributed by atoms with Crippen molar-refractivity contribution >= 4 is 5.69 Å². The molecule has 9 heteroatoms. The Balaban J connectivity index is 1.19. The lowest BCUT2D eigenvalue weighted by atomic mass is 9.63. The molecular weight excluding hydrogens is 465 g/mol. The lowest BCUT2D eigenvalue weighted by molar-refractivity contribution is -0.138. The molecule has 3 aromatic rings. The maximum Gasteiger partial charge on any atom is 0.418 e. The van der Waals surface area contributed by atoms with Gasteiger partial charge in [-0.15, -0.1) is 10.2 Å². The van der Waals surface area contributed by atoms with E-state index >= 15 is 0 Å². The van der Waals surface area contributed by atoms with E-state index in [9.17, 15) is 13.2 Å². The van der Waals surface area contributed by atoms with Crippen LogP contribution < -0.4 is 5.32 Å². The van der Waals surface area contributed by atoms with Gasteiger partial charge in [-0.3, -0.25) is 9.88 Å². The third-order valence-corrected chi connectivity index (χ3v) is 8.43. The number of nitrogens with one attached hydrogen (secondary N) is 1. The van der Waals surface area contributed by atoms with Crippen LogP contribution in [0.15, 0.2) is 42.9 Å². The number of hydrogen-bond donors (Lipinski definition) is 1. The van der Waals surface area contributed by atoms with Gasteiger partial charge in [-0.25, -0.2) is 0 Å².